The van der Waals surface area contributed by atoms with Crippen LogP contribution in [0.5, 0.6) is 0 Å². The lowest BCUT2D eigenvalue weighted by Crippen LogP contribution is -2.35. The van der Waals surface area contributed by atoms with Crippen molar-refractivity contribution in [2.24, 2.45) is 5.73 Å². The van der Waals surface area contributed by atoms with E-state index in [0.717, 1.165) is 11.1 Å². The number of nitrogens with two attached hydrogens (primary N) is 1. The molecule has 0 saturated carbocycles. The Morgan fingerprint density at radius 1 is 1.05 bits per heavy atom. The van der Waals surface area contributed by atoms with Crippen LogP contribution in [0, 0.1) is 5.82 Å². The van der Waals surface area contributed by atoms with Crippen molar-refractivity contribution >= 4 is 5.91 Å². The van der Waals surface area contributed by atoms with E-state index >= 15 is 0 Å². The van der Waals surface area contributed by atoms with Crippen molar-refractivity contribution in [3.63, 3.8) is 0 Å². The fourth-order valence-corrected chi connectivity index (χ4v) is 1.95. The summed E-state index contributed by atoms with van der Waals surface area (Å²) in [7, 11) is 0. The van der Waals surface area contributed by atoms with Crippen LogP contribution in [-0.4, -0.2) is 5.91 Å². The van der Waals surface area contributed by atoms with E-state index in [2.05, 4.69) is 5.32 Å². The molecule has 0 radical (unpaired) electrons. The number of benzene rings is 2. The minimum Gasteiger partial charge on any atom is -0.348 e. The first kappa shape index (κ1) is 14.2. The van der Waals surface area contributed by atoms with E-state index in [9.17, 15) is 9.18 Å². The maximum Gasteiger partial charge on any atom is 0.241 e. The number of rotatable bonds is 4. The number of nitrogens with one attached hydrogen (secondary N) is 1. The number of amides is 1. The summed E-state index contributed by atoms with van der Waals surface area (Å²) in [5.41, 5.74) is 7.51. The van der Waals surface area contributed by atoms with Crippen molar-refractivity contribution in [1.29, 1.82) is 0 Å². The average molecular weight is 272 g/mol. The SMILES string of the molecule is C[C@@H](NC(=O)[C@H](N)c1ccccc1)c1ccc(F)cc1. The summed E-state index contributed by atoms with van der Waals surface area (Å²) >= 11 is 0. The molecule has 0 aliphatic carbocycles. The quantitative estimate of drug-likeness (QED) is 0.899. The fraction of sp³-hybridized carbons (Fsp3) is 0.188. The van der Waals surface area contributed by atoms with Crippen LogP contribution in [0.3, 0.4) is 0 Å². The minimum absolute atomic E-state index is 0.224. The van der Waals surface area contributed by atoms with Gasteiger partial charge in [-0.2, -0.15) is 0 Å². The summed E-state index contributed by atoms with van der Waals surface area (Å²) in [5.74, 6) is -0.554. The van der Waals surface area contributed by atoms with Crippen LogP contribution < -0.4 is 11.1 Å². The molecule has 1 amide bonds. The lowest BCUT2D eigenvalue weighted by atomic mass is 10.1. The fourth-order valence-electron chi connectivity index (χ4n) is 1.95. The largest absolute Gasteiger partial charge is 0.348 e. The lowest BCUT2D eigenvalue weighted by Gasteiger charge is -2.18. The first-order valence-corrected chi connectivity index (χ1v) is 6.44. The van der Waals surface area contributed by atoms with Gasteiger partial charge in [0.1, 0.15) is 11.9 Å². The van der Waals surface area contributed by atoms with Crippen molar-refractivity contribution in [3.8, 4) is 0 Å². The summed E-state index contributed by atoms with van der Waals surface area (Å²) in [6, 6.07) is 14.3. The van der Waals surface area contributed by atoms with Gasteiger partial charge >= 0.3 is 0 Å². The molecule has 2 atom stereocenters. The maximum absolute atomic E-state index is 12.9. The summed E-state index contributed by atoms with van der Waals surface area (Å²) in [5, 5.41) is 2.83. The molecule has 0 aliphatic rings. The zero-order chi connectivity index (χ0) is 14.5. The van der Waals surface area contributed by atoms with Crippen LogP contribution in [-0.2, 0) is 4.79 Å². The Kier molecular flexibility index (Phi) is 4.48. The van der Waals surface area contributed by atoms with Gasteiger partial charge in [0.2, 0.25) is 5.91 Å². The Morgan fingerprint density at radius 2 is 1.65 bits per heavy atom. The summed E-state index contributed by atoms with van der Waals surface area (Å²) in [6.45, 7) is 1.84. The summed E-state index contributed by atoms with van der Waals surface area (Å²) in [4.78, 5) is 12.1. The van der Waals surface area contributed by atoms with Crippen molar-refractivity contribution in [1.82, 2.24) is 5.32 Å². The van der Waals surface area contributed by atoms with E-state index in [1.807, 2.05) is 37.3 Å². The molecule has 0 aliphatic heterocycles. The Labute approximate surface area is 117 Å². The molecule has 3 N–H and O–H groups in total. The molecule has 104 valence electrons. The number of carbonyl (C=O) groups is 1. The molecular formula is C16H17FN2O. The summed E-state index contributed by atoms with van der Waals surface area (Å²) in [6.07, 6.45) is 0. The molecule has 0 fully saturated rings. The van der Waals surface area contributed by atoms with Crippen molar-refractivity contribution in [2.45, 2.75) is 19.0 Å². The smallest absolute Gasteiger partial charge is 0.241 e. The second kappa shape index (κ2) is 6.30. The van der Waals surface area contributed by atoms with Crippen LogP contribution in [0.2, 0.25) is 0 Å². The predicted molar refractivity (Wildman–Crippen MR) is 76.3 cm³/mol. The molecule has 0 unspecified atom stereocenters. The number of halogens is 1. The van der Waals surface area contributed by atoms with Gasteiger partial charge in [-0.15, -0.1) is 0 Å². The van der Waals surface area contributed by atoms with Crippen LogP contribution in [0.1, 0.15) is 30.1 Å². The van der Waals surface area contributed by atoms with Gasteiger partial charge in [-0.25, -0.2) is 4.39 Å². The highest BCUT2D eigenvalue weighted by atomic mass is 19.1. The monoisotopic (exact) mass is 272 g/mol. The van der Waals surface area contributed by atoms with E-state index in [1.165, 1.54) is 12.1 Å². The predicted octanol–water partition coefficient (Wildman–Crippen LogP) is 2.70. The molecular weight excluding hydrogens is 255 g/mol. The van der Waals surface area contributed by atoms with E-state index in [4.69, 9.17) is 5.73 Å². The Morgan fingerprint density at radius 3 is 2.25 bits per heavy atom. The van der Waals surface area contributed by atoms with Crippen molar-refractivity contribution in [3.05, 3.63) is 71.5 Å². The number of carbonyl (C=O) groups excluding carboxylic acids is 1. The molecule has 0 aromatic heterocycles. The third kappa shape index (κ3) is 3.42. The second-order valence-electron chi connectivity index (χ2n) is 4.67. The van der Waals surface area contributed by atoms with E-state index in [-0.39, 0.29) is 17.8 Å². The molecule has 3 nitrogen and oxygen atoms in total. The first-order chi connectivity index (χ1) is 9.58. The minimum atomic E-state index is -0.709. The molecule has 0 heterocycles. The molecule has 4 heteroatoms. The van der Waals surface area contributed by atoms with Crippen molar-refractivity contribution < 1.29 is 9.18 Å². The highest BCUT2D eigenvalue weighted by Crippen LogP contribution is 2.15. The number of hydrogen-bond acceptors (Lipinski definition) is 2. The molecule has 20 heavy (non-hydrogen) atoms. The summed E-state index contributed by atoms with van der Waals surface area (Å²) < 4.78 is 12.9. The van der Waals surface area contributed by atoms with Gasteiger partial charge in [0, 0.05) is 0 Å². The third-order valence-electron chi connectivity index (χ3n) is 3.17. The maximum atomic E-state index is 12.9. The third-order valence-corrected chi connectivity index (χ3v) is 3.17. The van der Waals surface area contributed by atoms with Gasteiger partial charge in [0.25, 0.3) is 0 Å². The molecule has 0 saturated heterocycles. The van der Waals surface area contributed by atoms with E-state index in [0.29, 0.717) is 0 Å². The lowest BCUT2D eigenvalue weighted by molar-refractivity contribution is -0.123. The highest BCUT2D eigenvalue weighted by Gasteiger charge is 2.18. The topological polar surface area (TPSA) is 55.1 Å². The average Bonchev–Trinajstić information content (AvgIpc) is 2.48. The van der Waals surface area contributed by atoms with Crippen LogP contribution in [0.4, 0.5) is 4.39 Å². The standard InChI is InChI=1S/C16H17FN2O/c1-11(12-7-9-14(17)10-8-12)19-16(20)15(18)13-5-3-2-4-6-13/h2-11,15H,18H2,1H3,(H,19,20)/t11-,15-/m1/s1. The van der Waals surface area contributed by atoms with Gasteiger partial charge < -0.3 is 11.1 Å². The Balaban J connectivity index is 2.02. The zero-order valence-electron chi connectivity index (χ0n) is 11.2. The normalized spacial score (nSPS) is 13.6. The van der Waals surface area contributed by atoms with E-state index < -0.39 is 6.04 Å². The molecule has 2 rings (SSSR count). The van der Waals surface area contributed by atoms with Gasteiger partial charge in [0.15, 0.2) is 0 Å². The van der Waals surface area contributed by atoms with Crippen LogP contribution in [0.25, 0.3) is 0 Å². The van der Waals surface area contributed by atoms with Gasteiger partial charge in [-0.05, 0) is 30.2 Å². The number of hydrogen-bond donors (Lipinski definition) is 2. The second-order valence-corrected chi connectivity index (χ2v) is 4.67. The highest BCUT2D eigenvalue weighted by molar-refractivity contribution is 5.83. The van der Waals surface area contributed by atoms with Gasteiger partial charge in [-0.3, -0.25) is 4.79 Å². The van der Waals surface area contributed by atoms with Crippen LogP contribution in [0.15, 0.2) is 54.6 Å². The Bertz CT molecular complexity index is 569. The van der Waals surface area contributed by atoms with Gasteiger partial charge in [-0.1, -0.05) is 42.5 Å². The van der Waals surface area contributed by atoms with E-state index in [1.54, 1.807) is 12.1 Å². The van der Waals surface area contributed by atoms with Gasteiger partial charge in [0.05, 0.1) is 6.04 Å². The molecule has 2 aromatic carbocycles. The first-order valence-electron chi connectivity index (χ1n) is 6.44. The van der Waals surface area contributed by atoms with Crippen LogP contribution >= 0.6 is 0 Å². The molecule has 2 aromatic rings. The molecule has 0 spiro atoms. The Hall–Kier alpha value is -2.20. The van der Waals surface area contributed by atoms with Crippen molar-refractivity contribution in [2.75, 3.05) is 0 Å². The molecule has 0 bridgehead atoms. The zero-order valence-corrected chi connectivity index (χ0v) is 11.2.